The fourth-order valence-corrected chi connectivity index (χ4v) is 2.91. The van der Waals surface area contributed by atoms with Gasteiger partial charge in [-0.3, -0.25) is 9.59 Å². The van der Waals surface area contributed by atoms with Gasteiger partial charge in [0.2, 0.25) is 0 Å². The van der Waals surface area contributed by atoms with Crippen LogP contribution in [0.1, 0.15) is 17.4 Å². The van der Waals surface area contributed by atoms with Crippen LogP contribution in [0.15, 0.2) is 58.7 Å². The molecular formula is C19H20N2O4. The zero-order chi connectivity index (χ0) is 18.0. The van der Waals surface area contributed by atoms with Gasteiger partial charge in [-0.05, 0) is 26.2 Å². The summed E-state index contributed by atoms with van der Waals surface area (Å²) < 4.78 is 5.46. The molecule has 2 aromatic rings. The molecule has 1 aliphatic heterocycles. The smallest absolute Gasteiger partial charge is 0.295 e. The third-order valence-electron chi connectivity index (χ3n) is 4.19. The summed E-state index contributed by atoms with van der Waals surface area (Å²) in [5.41, 5.74) is 0.551. The molecule has 0 saturated carbocycles. The molecule has 0 radical (unpaired) electrons. The van der Waals surface area contributed by atoms with Crippen molar-refractivity contribution in [2.24, 2.45) is 0 Å². The lowest BCUT2D eigenvalue weighted by atomic mass is 9.99. The highest BCUT2D eigenvalue weighted by Crippen LogP contribution is 2.39. The van der Waals surface area contributed by atoms with Crippen molar-refractivity contribution in [3.63, 3.8) is 0 Å². The second kappa shape index (κ2) is 6.94. The summed E-state index contributed by atoms with van der Waals surface area (Å²) in [5, 5.41) is 10.7. The van der Waals surface area contributed by atoms with Crippen LogP contribution in [0.5, 0.6) is 0 Å². The van der Waals surface area contributed by atoms with Crippen molar-refractivity contribution in [2.75, 3.05) is 27.2 Å². The van der Waals surface area contributed by atoms with E-state index in [9.17, 15) is 14.7 Å². The van der Waals surface area contributed by atoms with Crippen molar-refractivity contribution in [2.45, 2.75) is 6.04 Å². The van der Waals surface area contributed by atoms with Crippen molar-refractivity contribution in [3.8, 4) is 0 Å². The highest BCUT2D eigenvalue weighted by Gasteiger charge is 2.47. The van der Waals surface area contributed by atoms with Gasteiger partial charge in [0.05, 0.1) is 11.8 Å². The first-order valence-corrected chi connectivity index (χ1v) is 8.02. The zero-order valence-electron chi connectivity index (χ0n) is 14.2. The molecule has 3 rings (SSSR count). The highest BCUT2D eigenvalue weighted by atomic mass is 16.3. The molecule has 6 nitrogen and oxygen atoms in total. The fourth-order valence-electron chi connectivity index (χ4n) is 2.91. The summed E-state index contributed by atoms with van der Waals surface area (Å²) in [7, 11) is 3.78. The van der Waals surface area contributed by atoms with Crippen LogP contribution in [-0.2, 0) is 9.59 Å². The maximum atomic E-state index is 12.6. The van der Waals surface area contributed by atoms with E-state index in [1.165, 1.54) is 11.2 Å². The van der Waals surface area contributed by atoms with Gasteiger partial charge in [-0.2, -0.15) is 0 Å². The fraction of sp³-hybridized carbons (Fsp3) is 0.263. The Labute approximate surface area is 146 Å². The molecule has 1 aromatic carbocycles. The van der Waals surface area contributed by atoms with Gasteiger partial charge in [-0.15, -0.1) is 0 Å². The lowest BCUT2D eigenvalue weighted by Crippen LogP contribution is -2.35. The molecule has 0 spiro atoms. The number of hydrogen-bond donors (Lipinski definition) is 1. The summed E-state index contributed by atoms with van der Waals surface area (Å²) in [6.07, 6.45) is 1.49. The summed E-state index contributed by atoms with van der Waals surface area (Å²) in [4.78, 5) is 28.5. The van der Waals surface area contributed by atoms with Crippen molar-refractivity contribution < 1.29 is 19.1 Å². The van der Waals surface area contributed by atoms with E-state index in [-0.39, 0.29) is 11.3 Å². The van der Waals surface area contributed by atoms with Gasteiger partial charge in [0.1, 0.15) is 17.6 Å². The van der Waals surface area contributed by atoms with Gasteiger partial charge in [-0.1, -0.05) is 30.3 Å². The molecule has 1 N–H and O–H groups in total. The molecule has 1 fully saturated rings. The molecular weight excluding hydrogens is 320 g/mol. The first-order valence-electron chi connectivity index (χ1n) is 8.02. The van der Waals surface area contributed by atoms with E-state index in [1.807, 2.05) is 25.1 Å². The SMILES string of the molecule is CN(C)CCN1C(=O)C(=O)C(=C(O)c2ccccc2)[C@H]1c1ccco1. The van der Waals surface area contributed by atoms with Crippen molar-refractivity contribution in [1.82, 2.24) is 9.80 Å². The number of rotatable bonds is 5. The Morgan fingerprint density at radius 1 is 1.16 bits per heavy atom. The first-order chi connectivity index (χ1) is 12.0. The number of ketones is 1. The number of likely N-dealkylation sites (tertiary alicyclic amines) is 1. The number of aliphatic hydroxyl groups excluding tert-OH is 1. The molecule has 6 heteroatoms. The maximum Gasteiger partial charge on any atom is 0.295 e. The van der Waals surface area contributed by atoms with Gasteiger partial charge in [0, 0.05) is 18.7 Å². The van der Waals surface area contributed by atoms with Crippen LogP contribution in [0.4, 0.5) is 0 Å². The zero-order valence-corrected chi connectivity index (χ0v) is 14.2. The van der Waals surface area contributed by atoms with Crippen LogP contribution in [0, 0.1) is 0 Å². The van der Waals surface area contributed by atoms with Gasteiger partial charge in [0.25, 0.3) is 11.7 Å². The van der Waals surface area contributed by atoms with Crippen LogP contribution in [-0.4, -0.2) is 53.8 Å². The minimum atomic E-state index is -0.727. The topological polar surface area (TPSA) is 74.0 Å². The molecule has 0 unspecified atom stereocenters. The summed E-state index contributed by atoms with van der Waals surface area (Å²) >= 11 is 0. The number of furan rings is 1. The lowest BCUT2D eigenvalue weighted by molar-refractivity contribution is -0.140. The number of Topliss-reactive ketones (excluding diaryl/α,β-unsaturated/α-hetero) is 1. The number of carbonyl (C=O) groups is 2. The third kappa shape index (κ3) is 3.21. The number of likely N-dealkylation sites (N-methyl/N-ethyl adjacent to an activating group) is 1. The molecule has 0 aliphatic carbocycles. The van der Waals surface area contributed by atoms with Crippen LogP contribution in [0.2, 0.25) is 0 Å². The minimum absolute atomic E-state index is 0.0601. The van der Waals surface area contributed by atoms with Crippen LogP contribution in [0.3, 0.4) is 0 Å². The highest BCUT2D eigenvalue weighted by molar-refractivity contribution is 6.46. The molecule has 1 saturated heterocycles. The molecule has 25 heavy (non-hydrogen) atoms. The predicted molar refractivity (Wildman–Crippen MR) is 92.7 cm³/mol. The summed E-state index contributed by atoms with van der Waals surface area (Å²) in [5.74, 6) is -1.05. The van der Waals surface area contributed by atoms with Gasteiger partial charge >= 0.3 is 0 Å². The van der Waals surface area contributed by atoms with Gasteiger partial charge < -0.3 is 19.3 Å². The number of aliphatic hydroxyl groups is 1. The quantitative estimate of drug-likeness (QED) is 0.513. The van der Waals surface area contributed by atoms with Crippen LogP contribution < -0.4 is 0 Å². The number of hydrogen-bond acceptors (Lipinski definition) is 5. The van der Waals surface area contributed by atoms with Crippen molar-refractivity contribution >= 4 is 17.4 Å². The van der Waals surface area contributed by atoms with E-state index in [0.29, 0.717) is 24.4 Å². The molecule has 1 amide bonds. The molecule has 1 aromatic heterocycles. The summed E-state index contributed by atoms with van der Waals surface area (Å²) in [6, 6.07) is 11.4. The van der Waals surface area contributed by atoms with E-state index in [0.717, 1.165) is 0 Å². The van der Waals surface area contributed by atoms with E-state index in [4.69, 9.17) is 4.42 Å². The Hall–Kier alpha value is -2.86. The van der Waals surface area contributed by atoms with Gasteiger partial charge in [-0.25, -0.2) is 0 Å². The van der Waals surface area contributed by atoms with E-state index < -0.39 is 17.7 Å². The largest absolute Gasteiger partial charge is 0.507 e. The molecule has 1 aliphatic rings. The lowest BCUT2D eigenvalue weighted by Gasteiger charge is -2.24. The Balaban J connectivity index is 2.09. The normalized spacial score (nSPS) is 19.8. The van der Waals surface area contributed by atoms with E-state index >= 15 is 0 Å². The standard InChI is InChI=1S/C19H20N2O4/c1-20(2)10-11-21-16(14-9-6-12-25-14)15(18(23)19(21)24)17(22)13-7-4-3-5-8-13/h3-9,12,16,22H,10-11H2,1-2H3/t16-/m1/s1. The molecule has 2 heterocycles. The molecule has 1 atom stereocenters. The number of nitrogens with zero attached hydrogens (tertiary/aromatic N) is 2. The second-order valence-corrected chi connectivity index (χ2v) is 6.18. The van der Waals surface area contributed by atoms with E-state index in [1.54, 1.807) is 36.4 Å². The minimum Gasteiger partial charge on any atom is -0.507 e. The number of amides is 1. The Morgan fingerprint density at radius 3 is 2.48 bits per heavy atom. The van der Waals surface area contributed by atoms with Gasteiger partial charge in [0.15, 0.2) is 0 Å². The van der Waals surface area contributed by atoms with E-state index in [2.05, 4.69) is 0 Å². The number of carbonyl (C=O) groups excluding carboxylic acids is 2. The Bertz CT molecular complexity index is 794. The predicted octanol–water partition coefficient (Wildman–Crippen LogP) is 2.26. The van der Waals surface area contributed by atoms with Crippen LogP contribution >= 0.6 is 0 Å². The average molecular weight is 340 g/mol. The average Bonchev–Trinajstić information content (AvgIpc) is 3.21. The Kier molecular flexibility index (Phi) is 4.72. The Morgan fingerprint density at radius 2 is 1.88 bits per heavy atom. The molecule has 130 valence electrons. The van der Waals surface area contributed by atoms with Crippen molar-refractivity contribution in [1.29, 1.82) is 0 Å². The second-order valence-electron chi connectivity index (χ2n) is 6.18. The van der Waals surface area contributed by atoms with Crippen molar-refractivity contribution in [3.05, 3.63) is 65.6 Å². The number of benzene rings is 1. The molecule has 0 bridgehead atoms. The summed E-state index contributed by atoms with van der Waals surface area (Å²) in [6.45, 7) is 0.949. The van der Waals surface area contributed by atoms with Crippen LogP contribution in [0.25, 0.3) is 5.76 Å². The first kappa shape index (κ1) is 17.0. The monoisotopic (exact) mass is 340 g/mol. The third-order valence-corrected chi connectivity index (χ3v) is 4.19. The maximum absolute atomic E-state index is 12.6.